The molecular weight excluding hydrogens is 263 g/mol. The van der Waals surface area contributed by atoms with Gasteiger partial charge in [-0.15, -0.1) is 0 Å². The van der Waals surface area contributed by atoms with Gasteiger partial charge in [-0.05, 0) is 5.56 Å². The molecule has 0 spiro atoms. The van der Waals surface area contributed by atoms with Gasteiger partial charge in [0.2, 0.25) is 0 Å². The monoisotopic (exact) mass is 277 g/mol. The lowest BCUT2D eigenvalue weighted by molar-refractivity contribution is -0.259. The Bertz CT molecular complexity index is 422. The topological polar surface area (TPSA) is 72.5 Å². The number of nitrogens with two attached hydrogens (primary N) is 1. The van der Waals surface area contributed by atoms with E-state index in [0.29, 0.717) is 5.56 Å². The molecule has 0 unspecified atom stereocenters. The van der Waals surface area contributed by atoms with Crippen molar-refractivity contribution in [3.63, 3.8) is 0 Å². The lowest BCUT2D eigenvalue weighted by Gasteiger charge is -2.27. The normalized spacial score (nSPS) is 14.8. The van der Waals surface area contributed by atoms with Crippen molar-refractivity contribution in [2.45, 2.75) is 24.8 Å². The predicted molar refractivity (Wildman–Crippen MR) is 60.9 cm³/mol. The van der Waals surface area contributed by atoms with E-state index in [1.54, 1.807) is 30.3 Å². The fraction of sp³-hybridized carbons (Fsp3) is 0.417. The summed E-state index contributed by atoms with van der Waals surface area (Å²) >= 11 is 0. The van der Waals surface area contributed by atoms with Crippen molar-refractivity contribution in [2.75, 3.05) is 6.54 Å². The highest BCUT2D eigenvalue weighted by Crippen LogP contribution is 2.32. The Morgan fingerprint density at radius 1 is 1.26 bits per heavy atom. The summed E-state index contributed by atoms with van der Waals surface area (Å²) in [7, 11) is 0. The maximum Gasteiger partial charge on any atom is 0.419 e. The molecule has 1 aromatic rings. The third kappa shape index (κ3) is 4.22. The summed E-state index contributed by atoms with van der Waals surface area (Å²) < 4.78 is 42.1. The fourth-order valence-electron chi connectivity index (χ4n) is 1.32. The third-order valence-electron chi connectivity index (χ3n) is 2.54. The lowest BCUT2D eigenvalue weighted by atomic mass is 9.99. The Balaban J connectivity index is 2.55. The maximum absolute atomic E-state index is 12.5. The Morgan fingerprint density at radius 2 is 1.84 bits per heavy atom. The molecule has 0 aliphatic carbocycles. The number of aliphatic hydroxyl groups is 1. The highest BCUT2D eigenvalue weighted by molar-refractivity contribution is 5.71. The fourth-order valence-corrected chi connectivity index (χ4v) is 1.32. The van der Waals surface area contributed by atoms with Crippen LogP contribution in [-0.4, -0.2) is 29.4 Å². The summed E-state index contributed by atoms with van der Waals surface area (Å²) in [6.45, 7) is -1.25. The van der Waals surface area contributed by atoms with Crippen LogP contribution in [0.4, 0.5) is 13.2 Å². The van der Waals surface area contributed by atoms with Crippen LogP contribution in [0.25, 0.3) is 0 Å². The van der Waals surface area contributed by atoms with Crippen molar-refractivity contribution in [3.8, 4) is 0 Å². The summed E-state index contributed by atoms with van der Waals surface area (Å²) in [5.41, 5.74) is 2.26. The van der Waals surface area contributed by atoms with E-state index in [1.165, 1.54) is 0 Å². The Morgan fingerprint density at radius 3 is 2.32 bits per heavy atom. The number of hydrogen-bond donors (Lipinski definition) is 2. The molecule has 0 heterocycles. The summed E-state index contributed by atoms with van der Waals surface area (Å²) in [5, 5.41) is 9.27. The highest BCUT2D eigenvalue weighted by atomic mass is 19.4. The number of carbonyl (C=O) groups excluding carboxylic acids is 1. The van der Waals surface area contributed by atoms with Gasteiger partial charge < -0.3 is 15.6 Å². The molecule has 4 nitrogen and oxygen atoms in total. The first-order valence-electron chi connectivity index (χ1n) is 5.47. The number of halogens is 3. The molecule has 7 heteroatoms. The van der Waals surface area contributed by atoms with Crippen LogP contribution < -0.4 is 5.73 Å². The van der Waals surface area contributed by atoms with Crippen LogP contribution in [-0.2, 0) is 16.1 Å². The van der Waals surface area contributed by atoms with Crippen LogP contribution in [0.15, 0.2) is 30.3 Å². The molecule has 0 bridgehead atoms. The van der Waals surface area contributed by atoms with Crippen molar-refractivity contribution in [1.29, 1.82) is 0 Å². The van der Waals surface area contributed by atoms with Gasteiger partial charge in [-0.3, -0.25) is 4.79 Å². The average molecular weight is 277 g/mol. The number of alkyl halides is 3. The molecule has 0 saturated heterocycles. The number of hydrogen-bond acceptors (Lipinski definition) is 4. The lowest BCUT2D eigenvalue weighted by Crippen LogP contribution is -2.52. The van der Waals surface area contributed by atoms with Gasteiger partial charge in [-0.1, -0.05) is 30.3 Å². The van der Waals surface area contributed by atoms with Crippen LogP contribution in [0, 0.1) is 0 Å². The zero-order chi connectivity index (χ0) is 14.5. The predicted octanol–water partition coefficient (Wildman–Crippen LogP) is 1.37. The molecule has 0 saturated carbocycles. The van der Waals surface area contributed by atoms with E-state index in [9.17, 15) is 23.1 Å². The first-order chi connectivity index (χ1) is 8.78. The van der Waals surface area contributed by atoms with Crippen molar-refractivity contribution in [2.24, 2.45) is 5.73 Å². The van der Waals surface area contributed by atoms with E-state index in [0.717, 1.165) is 0 Å². The zero-order valence-electron chi connectivity index (χ0n) is 9.98. The molecule has 1 rings (SSSR count). The van der Waals surface area contributed by atoms with Crippen molar-refractivity contribution in [1.82, 2.24) is 0 Å². The second-order valence-corrected chi connectivity index (χ2v) is 4.06. The van der Waals surface area contributed by atoms with Gasteiger partial charge in [0.1, 0.15) is 6.61 Å². The highest BCUT2D eigenvalue weighted by Gasteiger charge is 2.54. The Hall–Kier alpha value is -1.60. The van der Waals surface area contributed by atoms with Gasteiger partial charge in [0.05, 0.1) is 6.42 Å². The van der Waals surface area contributed by atoms with Crippen LogP contribution >= 0.6 is 0 Å². The van der Waals surface area contributed by atoms with E-state index >= 15 is 0 Å². The average Bonchev–Trinajstić information content (AvgIpc) is 2.36. The van der Waals surface area contributed by atoms with Crippen LogP contribution in [0.2, 0.25) is 0 Å². The van der Waals surface area contributed by atoms with Crippen molar-refractivity contribution < 1.29 is 27.8 Å². The molecule has 0 radical (unpaired) electrons. The smallest absolute Gasteiger partial charge is 0.419 e. The van der Waals surface area contributed by atoms with E-state index < -0.39 is 30.7 Å². The van der Waals surface area contributed by atoms with Gasteiger partial charge in [0.15, 0.2) is 5.60 Å². The maximum atomic E-state index is 12.5. The van der Waals surface area contributed by atoms with E-state index in [-0.39, 0.29) is 6.61 Å². The second-order valence-electron chi connectivity index (χ2n) is 4.06. The van der Waals surface area contributed by atoms with Gasteiger partial charge in [-0.2, -0.15) is 13.2 Å². The number of benzene rings is 1. The summed E-state index contributed by atoms with van der Waals surface area (Å²) in [6, 6.07) is 8.48. The number of carbonyl (C=O) groups is 1. The van der Waals surface area contributed by atoms with E-state index in [4.69, 9.17) is 5.73 Å². The molecule has 0 aliphatic rings. The molecule has 1 atom stereocenters. The minimum absolute atomic E-state index is 0.155. The molecule has 0 aliphatic heterocycles. The number of esters is 1. The minimum atomic E-state index is -4.98. The molecule has 0 amide bonds. The number of ether oxygens (including phenoxy) is 1. The first-order valence-corrected chi connectivity index (χ1v) is 5.47. The van der Waals surface area contributed by atoms with Gasteiger partial charge in [0.25, 0.3) is 0 Å². The molecular formula is C12H14F3NO3. The molecule has 0 aromatic heterocycles. The van der Waals surface area contributed by atoms with Gasteiger partial charge in [-0.25, -0.2) is 0 Å². The zero-order valence-corrected chi connectivity index (χ0v) is 9.98. The summed E-state index contributed by atoms with van der Waals surface area (Å²) in [6.07, 6.45) is -6.20. The molecule has 1 aromatic carbocycles. The van der Waals surface area contributed by atoms with Gasteiger partial charge in [0, 0.05) is 6.54 Å². The molecule has 0 fully saturated rings. The minimum Gasteiger partial charge on any atom is -0.461 e. The van der Waals surface area contributed by atoms with E-state index in [1.807, 2.05) is 0 Å². The quantitative estimate of drug-likeness (QED) is 0.797. The first kappa shape index (κ1) is 15.5. The number of rotatable bonds is 5. The molecule has 19 heavy (non-hydrogen) atoms. The van der Waals surface area contributed by atoms with Crippen LogP contribution in [0.3, 0.4) is 0 Å². The van der Waals surface area contributed by atoms with Crippen molar-refractivity contribution >= 4 is 5.97 Å². The third-order valence-corrected chi connectivity index (χ3v) is 2.54. The largest absolute Gasteiger partial charge is 0.461 e. The second kappa shape index (κ2) is 6.03. The Kier molecular flexibility index (Phi) is 4.90. The van der Waals surface area contributed by atoms with Crippen molar-refractivity contribution in [3.05, 3.63) is 35.9 Å². The summed E-state index contributed by atoms with van der Waals surface area (Å²) in [5.74, 6) is -1.16. The standard InChI is InChI=1S/C12H14F3NO3/c13-12(14,15)11(18,8-16)6-10(17)19-7-9-4-2-1-3-5-9/h1-5,18H,6-8,16H2/t11-/m1/s1. The molecule has 3 N–H and O–H groups in total. The van der Waals surface area contributed by atoms with Gasteiger partial charge >= 0.3 is 12.1 Å². The van der Waals surface area contributed by atoms with Crippen LogP contribution in [0.1, 0.15) is 12.0 Å². The molecule has 106 valence electrons. The van der Waals surface area contributed by atoms with E-state index in [2.05, 4.69) is 4.74 Å². The summed E-state index contributed by atoms with van der Waals surface area (Å²) in [4.78, 5) is 11.3. The van der Waals surface area contributed by atoms with Crippen LogP contribution in [0.5, 0.6) is 0 Å². The SMILES string of the molecule is NC[C@](O)(CC(=O)OCc1ccccc1)C(F)(F)F. The Labute approximate surface area is 108 Å².